The maximum Gasteiger partial charge on any atom is 0.221 e. The molecule has 0 saturated heterocycles. The molecular formula is C29H33N5O2. The zero-order valence-corrected chi connectivity index (χ0v) is 21.7. The Bertz CT molecular complexity index is 1330. The van der Waals surface area contributed by atoms with E-state index in [0.29, 0.717) is 6.54 Å². The van der Waals surface area contributed by atoms with E-state index >= 15 is 0 Å². The number of fused-ring (bicyclic) bond motifs is 3. The molecule has 2 heterocycles. The third-order valence-electron chi connectivity index (χ3n) is 5.39. The highest BCUT2D eigenvalue weighted by Gasteiger charge is 2.22. The van der Waals surface area contributed by atoms with Crippen LogP contribution in [0.1, 0.15) is 49.1 Å². The van der Waals surface area contributed by atoms with Crippen molar-refractivity contribution in [2.45, 2.75) is 41.2 Å². The van der Waals surface area contributed by atoms with Crippen LogP contribution in [0, 0.1) is 13.8 Å². The Kier molecular flexibility index (Phi) is 9.11. The number of hydrogen-bond acceptors (Lipinski definition) is 5. The molecule has 0 aliphatic carbocycles. The number of aromatic nitrogens is 3. The molecular weight excluding hydrogens is 450 g/mol. The van der Waals surface area contributed by atoms with Gasteiger partial charge in [0.05, 0.1) is 18.5 Å². The molecule has 3 aromatic carbocycles. The quantitative estimate of drug-likeness (QED) is 0.392. The Labute approximate surface area is 212 Å². The molecule has 0 spiro atoms. The standard InChI is InChI=1S/C19H18N4O.C8H9NO.C2H6/c1-12-4-6-14(7-5-12)19-16-10-15(24-3)8-9-17(16)23-13(2)21-22-18(23)11-20-19;1-7(10)9-8-5-3-2-4-6-8;1-2/h4-10H,11H2,1-3H3;2-6H,1H3,(H,9,10);1-2H3. The lowest BCUT2D eigenvalue weighted by Crippen LogP contribution is -2.08. The smallest absolute Gasteiger partial charge is 0.221 e. The van der Waals surface area contributed by atoms with Crippen LogP contribution < -0.4 is 10.1 Å². The highest BCUT2D eigenvalue weighted by Crippen LogP contribution is 2.29. The topological polar surface area (TPSA) is 81.4 Å². The first-order valence-corrected chi connectivity index (χ1v) is 12.0. The minimum atomic E-state index is -0.0359. The molecule has 4 aromatic rings. The maximum absolute atomic E-state index is 10.5. The molecule has 7 nitrogen and oxygen atoms in total. The summed E-state index contributed by atoms with van der Waals surface area (Å²) in [6.07, 6.45) is 0. The van der Waals surface area contributed by atoms with Crippen LogP contribution in [0.25, 0.3) is 5.69 Å². The molecule has 1 N–H and O–H groups in total. The van der Waals surface area contributed by atoms with Crippen LogP contribution in [-0.4, -0.2) is 33.5 Å². The Morgan fingerprint density at radius 1 is 0.944 bits per heavy atom. The Morgan fingerprint density at radius 3 is 2.28 bits per heavy atom. The molecule has 0 radical (unpaired) electrons. The normalized spacial score (nSPS) is 11.2. The number of ether oxygens (including phenoxy) is 1. The van der Waals surface area contributed by atoms with Crippen LogP contribution in [0.4, 0.5) is 5.69 Å². The highest BCUT2D eigenvalue weighted by molar-refractivity contribution is 6.15. The summed E-state index contributed by atoms with van der Waals surface area (Å²) in [5.74, 6) is 2.48. The monoisotopic (exact) mass is 483 g/mol. The van der Waals surface area contributed by atoms with Crippen LogP contribution in [0.15, 0.2) is 77.8 Å². The molecule has 0 fully saturated rings. The number of aryl methyl sites for hydroxylation is 2. The number of carbonyl (C=O) groups is 1. The predicted molar refractivity (Wildman–Crippen MR) is 145 cm³/mol. The average Bonchev–Trinajstić information content (AvgIpc) is 3.18. The van der Waals surface area contributed by atoms with Gasteiger partial charge in [-0.1, -0.05) is 61.9 Å². The molecule has 7 heteroatoms. The van der Waals surface area contributed by atoms with Gasteiger partial charge in [-0.25, -0.2) is 0 Å². The van der Waals surface area contributed by atoms with Gasteiger partial charge >= 0.3 is 0 Å². The fourth-order valence-corrected chi connectivity index (χ4v) is 3.77. The van der Waals surface area contributed by atoms with Crippen molar-refractivity contribution in [3.63, 3.8) is 0 Å². The third kappa shape index (κ3) is 6.24. The number of hydrogen-bond donors (Lipinski definition) is 1. The lowest BCUT2D eigenvalue weighted by Gasteiger charge is -2.14. The van der Waals surface area contributed by atoms with Gasteiger partial charge in [0.2, 0.25) is 5.91 Å². The molecule has 36 heavy (non-hydrogen) atoms. The molecule has 0 unspecified atom stereocenters. The van der Waals surface area contributed by atoms with Gasteiger partial charge < -0.3 is 10.1 Å². The number of anilines is 1. The second-order valence-corrected chi connectivity index (χ2v) is 7.96. The van der Waals surface area contributed by atoms with Gasteiger partial charge in [0.25, 0.3) is 0 Å². The molecule has 0 saturated carbocycles. The van der Waals surface area contributed by atoms with E-state index in [1.165, 1.54) is 12.5 Å². The second kappa shape index (κ2) is 12.4. The average molecular weight is 484 g/mol. The fraction of sp³-hybridized carbons (Fsp3) is 0.241. The van der Waals surface area contributed by atoms with Crippen LogP contribution in [-0.2, 0) is 11.3 Å². The van der Waals surface area contributed by atoms with Crippen molar-refractivity contribution in [1.29, 1.82) is 0 Å². The summed E-state index contributed by atoms with van der Waals surface area (Å²) in [5, 5.41) is 11.1. The molecule has 0 atom stereocenters. The number of aliphatic imine (C=N–C) groups is 1. The van der Waals surface area contributed by atoms with Crippen molar-refractivity contribution >= 4 is 17.3 Å². The molecule has 1 aromatic heterocycles. The first-order valence-electron chi connectivity index (χ1n) is 12.0. The van der Waals surface area contributed by atoms with E-state index < -0.39 is 0 Å². The number of nitrogens with zero attached hydrogens (tertiary/aromatic N) is 4. The van der Waals surface area contributed by atoms with E-state index in [2.05, 4.69) is 51.3 Å². The van der Waals surface area contributed by atoms with E-state index in [9.17, 15) is 4.79 Å². The fourth-order valence-electron chi connectivity index (χ4n) is 3.77. The van der Waals surface area contributed by atoms with Crippen LogP contribution >= 0.6 is 0 Å². The Morgan fingerprint density at radius 2 is 1.64 bits per heavy atom. The number of amides is 1. The van der Waals surface area contributed by atoms with Crippen molar-refractivity contribution in [3.8, 4) is 11.4 Å². The maximum atomic E-state index is 10.5. The predicted octanol–water partition coefficient (Wildman–Crippen LogP) is 5.91. The van der Waals surface area contributed by atoms with E-state index in [-0.39, 0.29) is 5.91 Å². The molecule has 186 valence electrons. The van der Waals surface area contributed by atoms with E-state index in [1.807, 2.05) is 69.3 Å². The lowest BCUT2D eigenvalue weighted by atomic mass is 9.99. The number of nitrogens with one attached hydrogen (secondary N) is 1. The molecule has 5 rings (SSSR count). The number of benzene rings is 3. The van der Waals surface area contributed by atoms with Crippen LogP contribution in [0.2, 0.25) is 0 Å². The summed E-state index contributed by atoms with van der Waals surface area (Å²) in [5.41, 5.74) is 6.17. The number of rotatable bonds is 3. The van der Waals surface area contributed by atoms with Crippen LogP contribution in [0.3, 0.4) is 0 Å². The van der Waals surface area contributed by atoms with Crippen molar-refractivity contribution in [2.75, 3.05) is 12.4 Å². The first kappa shape index (κ1) is 26.3. The van der Waals surface area contributed by atoms with E-state index in [1.54, 1.807) is 7.11 Å². The van der Waals surface area contributed by atoms with E-state index in [0.717, 1.165) is 45.6 Å². The van der Waals surface area contributed by atoms with E-state index in [4.69, 9.17) is 9.73 Å². The highest BCUT2D eigenvalue weighted by atomic mass is 16.5. The minimum Gasteiger partial charge on any atom is -0.497 e. The van der Waals surface area contributed by atoms with Crippen LogP contribution in [0.5, 0.6) is 5.75 Å². The molecule has 0 bridgehead atoms. The van der Waals surface area contributed by atoms with Gasteiger partial charge in [-0.3, -0.25) is 14.4 Å². The summed E-state index contributed by atoms with van der Waals surface area (Å²) in [6.45, 7) is 10.0. The molecule has 1 aliphatic heterocycles. The zero-order chi connectivity index (χ0) is 26.1. The SMILES string of the molecule is CC.CC(=O)Nc1ccccc1.COc1ccc2c(c1)C(c1ccc(C)cc1)=NCc1nnc(C)n1-2. The molecule has 1 amide bonds. The summed E-state index contributed by atoms with van der Waals surface area (Å²) in [4.78, 5) is 15.3. The molecule has 1 aliphatic rings. The Balaban J connectivity index is 0.000000253. The van der Waals surface area contributed by atoms with Crippen molar-refractivity contribution in [3.05, 3.63) is 101 Å². The first-order chi connectivity index (χ1) is 17.5. The largest absolute Gasteiger partial charge is 0.497 e. The number of para-hydroxylation sites is 1. The van der Waals surface area contributed by atoms with Gasteiger partial charge in [0.1, 0.15) is 18.1 Å². The Hall–Kier alpha value is -4.26. The summed E-state index contributed by atoms with van der Waals surface area (Å²) < 4.78 is 7.50. The minimum absolute atomic E-state index is 0.0359. The third-order valence-corrected chi connectivity index (χ3v) is 5.39. The van der Waals surface area contributed by atoms with Gasteiger partial charge in [-0.15, -0.1) is 10.2 Å². The summed E-state index contributed by atoms with van der Waals surface area (Å²) >= 11 is 0. The summed E-state index contributed by atoms with van der Waals surface area (Å²) in [6, 6.07) is 23.8. The van der Waals surface area contributed by atoms with Gasteiger partial charge in [-0.2, -0.15) is 0 Å². The van der Waals surface area contributed by atoms with Gasteiger partial charge in [-0.05, 0) is 44.2 Å². The lowest BCUT2D eigenvalue weighted by molar-refractivity contribution is -0.114. The van der Waals surface area contributed by atoms with Crippen molar-refractivity contribution in [2.24, 2.45) is 4.99 Å². The number of methoxy groups -OCH3 is 1. The second-order valence-electron chi connectivity index (χ2n) is 7.96. The van der Waals surface area contributed by atoms with Gasteiger partial charge in [0.15, 0.2) is 5.82 Å². The van der Waals surface area contributed by atoms with Crippen molar-refractivity contribution < 1.29 is 9.53 Å². The van der Waals surface area contributed by atoms with Crippen molar-refractivity contribution in [1.82, 2.24) is 14.8 Å². The summed E-state index contributed by atoms with van der Waals surface area (Å²) in [7, 11) is 1.68. The van der Waals surface area contributed by atoms with Gasteiger partial charge in [0, 0.05) is 23.7 Å². The number of carbonyl (C=O) groups excluding carboxylic acids is 1. The zero-order valence-electron chi connectivity index (χ0n) is 21.7.